The molecule has 0 bridgehead atoms. The third-order valence-electron chi connectivity index (χ3n) is 5.44. The summed E-state index contributed by atoms with van der Waals surface area (Å²) in [5, 5.41) is 11.8. The normalized spacial score (nSPS) is 23.0. The maximum absolute atomic E-state index is 12.8. The number of amides is 1. The zero-order chi connectivity index (χ0) is 18.1. The van der Waals surface area contributed by atoms with Crippen LogP contribution < -0.4 is 10.1 Å². The van der Waals surface area contributed by atoms with Gasteiger partial charge in [0.25, 0.3) is 0 Å². The van der Waals surface area contributed by atoms with Crippen molar-refractivity contribution < 1.29 is 19.4 Å². The zero-order valence-electron chi connectivity index (χ0n) is 14.4. The summed E-state index contributed by atoms with van der Waals surface area (Å²) in [6.07, 6.45) is 2.25. The van der Waals surface area contributed by atoms with Crippen molar-refractivity contribution in [2.45, 2.75) is 31.1 Å². The Morgan fingerprint density at radius 1 is 1.19 bits per heavy atom. The lowest BCUT2D eigenvalue weighted by Crippen LogP contribution is -2.26. The molecule has 1 amide bonds. The molecule has 2 aliphatic rings. The van der Waals surface area contributed by atoms with E-state index in [1.807, 2.05) is 42.5 Å². The number of hydrogen-bond acceptors (Lipinski definition) is 3. The molecule has 0 radical (unpaired) electrons. The highest BCUT2D eigenvalue weighted by Crippen LogP contribution is 2.60. The zero-order valence-corrected chi connectivity index (χ0v) is 14.4. The summed E-state index contributed by atoms with van der Waals surface area (Å²) in [4.78, 5) is 23.5. The molecule has 1 fully saturated rings. The van der Waals surface area contributed by atoms with E-state index < -0.39 is 5.97 Å². The number of ether oxygens (including phenoxy) is 1. The largest absolute Gasteiger partial charge is 0.493 e. The second-order valence-electron chi connectivity index (χ2n) is 7.09. The summed E-state index contributed by atoms with van der Waals surface area (Å²) in [5.41, 5.74) is 2.67. The third-order valence-corrected chi connectivity index (χ3v) is 5.44. The highest BCUT2D eigenvalue weighted by molar-refractivity contribution is 5.96. The van der Waals surface area contributed by atoms with Crippen LogP contribution in [-0.4, -0.2) is 23.6 Å². The van der Waals surface area contributed by atoms with E-state index in [2.05, 4.69) is 11.4 Å². The molecule has 2 aromatic carbocycles. The molecule has 26 heavy (non-hydrogen) atoms. The molecule has 2 aromatic rings. The van der Waals surface area contributed by atoms with Crippen LogP contribution in [0.2, 0.25) is 0 Å². The predicted octanol–water partition coefficient (Wildman–Crippen LogP) is 3.38. The molecule has 1 saturated carbocycles. The van der Waals surface area contributed by atoms with E-state index in [-0.39, 0.29) is 23.7 Å². The first-order valence-corrected chi connectivity index (χ1v) is 8.92. The highest BCUT2D eigenvalue weighted by Gasteiger charge is 2.60. The number of rotatable bonds is 5. The highest BCUT2D eigenvalue weighted by atomic mass is 16.5. The molecule has 5 nitrogen and oxygen atoms in total. The maximum atomic E-state index is 12.8. The SMILES string of the molecule is O=C(O)CCc1cccc(NC(=O)[C@@H]2C[C@]23CCOc2ccccc23)c1. The number of aliphatic carboxylic acids is 1. The minimum Gasteiger partial charge on any atom is -0.493 e. The van der Waals surface area contributed by atoms with E-state index in [4.69, 9.17) is 9.84 Å². The molecule has 0 aromatic heterocycles. The second kappa shape index (κ2) is 6.48. The number of benzene rings is 2. The molecule has 5 heteroatoms. The molecule has 2 atom stereocenters. The fourth-order valence-electron chi connectivity index (χ4n) is 3.99. The average molecular weight is 351 g/mol. The van der Waals surface area contributed by atoms with Crippen molar-refractivity contribution in [3.05, 3.63) is 59.7 Å². The fourth-order valence-corrected chi connectivity index (χ4v) is 3.99. The van der Waals surface area contributed by atoms with Gasteiger partial charge in [-0.1, -0.05) is 30.3 Å². The first kappa shape index (κ1) is 16.6. The maximum Gasteiger partial charge on any atom is 0.303 e. The van der Waals surface area contributed by atoms with Gasteiger partial charge in [-0.25, -0.2) is 0 Å². The van der Waals surface area contributed by atoms with Gasteiger partial charge in [0.05, 0.1) is 6.61 Å². The van der Waals surface area contributed by atoms with Crippen LogP contribution >= 0.6 is 0 Å². The first-order chi connectivity index (χ1) is 12.6. The monoisotopic (exact) mass is 351 g/mol. The minimum absolute atomic E-state index is 0.0251. The number of nitrogens with one attached hydrogen (secondary N) is 1. The number of para-hydroxylation sites is 1. The van der Waals surface area contributed by atoms with Crippen LogP contribution in [0.1, 0.15) is 30.4 Å². The fraction of sp³-hybridized carbons (Fsp3) is 0.333. The van der Waals surface area contributed by atoms with Crippen molar-refractivity contribution in [3.63, 3.8) is 0 Å². The summed E-state index contributed by atoms with van der Waals surface area (Å²) in [7, 11) is 0. The second-order valence-corrected chi connectivity index (χ2v) is 7.09. The number of anilines is 1. The summed E-state index contributed by atoms with van der Waals surface area (Å²) in [6.45, 7) is 0.644. The minimum atomic E-state index is -0.822. The van der Waals surface area contributed by atoms with Crippen molar-refractivity contribution in [2.75, 3.05) is 11.9 Å². The molecule has 1 spiro atoms. The van der Waals surface area contributed by atoms with Gasteiger partial charge in [0.15, 0.2) is 0 Å². The van der Waals surface area contributed by atoms with Gasteiger partial charge in [0.1, 0.15) is 5.75 Å². The van der Waals surface area contributed by atoms with Crippen LogP contribution in [0.4, 0.5) is 5.69 Å². The average Bonchev–Trinajstić information content (AvgIpc) is 3.36. The number of hydrogen-bond donors (Lipinski definition) is 2. The van der Waals surface area contributed by atoms with Crippen molar-refractivity contribution in [1.82, 2.24) is 0 Å². The van der Waals surface area contributed by atoms with Crippen LogP contribution in [-0.2, 0) is 21.4 Å². The molecular weight excluding hydrogens is 330 g/mol. The standard InChI is InChI=1S/C21H21NO4/c23-19(24)9-8-14-4-3-5-15(12-14)22-20(25)17-13-21(17)10-11-26-18-7-2-1-6-16(18)21/h1-7,12,17H,8-11,13H2,(H,22,25)(H,23,24)/t17-,21-/m0/s1. The predicted molar refractivity (Wildman–Crippen MR) is 97.4 cm³/mol. The van der Waals surface area contributed by atoms with Crippen LogP contribution in [0.3, 0.4) is 0 Å². The summed E-state index contributed by atoms with van der Waals surface area (Å²) in [6, 6.07) is 15.4. The number of aryl methyl sites for hydroxylation is 1. The van der Waals surface area contributed by atoms with E-state index in [9.17, 15) is 9.59 Å². The number of carboxylic acid groups (broad SMARTS) is 1. The molecule has 4 rings (SSSR count). The summed E-state index contributed by atoms with van der Waals surface area (Å²) >= 11 is 0. The molecule has 1 heterocycles. The van der Waals surface area contributed by atoms with Gasteiger partial charge in [0.2, 0.25) is 5.91 Å². The van der Waals surface area contributed by atoms with Crippen molar-refractivity contribution >= 4 is 17.6 Å². The van der Waals surface area contributed by atoms with Gasteiger partial charge in [-0.2, -0.15) is 0 Å². The number of carboxylic acids is 1. The van der Waals surface area contributed by atoms with Crippen LogP contribution in [0.25, 0.3) is 0 Å². The van der Waals surface area contributed by atoms with Gasteiger partial charge in [-0.05, 0) is 43.0 Å². The third kappa shape index (κ3) is 3.05. The van der Waals surface area contributed by atoms with Gasteiger partial charge >= 0.3 is 5.97 Å². The smallest absolute Gasteiger partial charge is 0.303 e. The van der Waals surface area contributed by atoms with Crippen molar-refractivity contribution in [2.24, 2.45) is 5.92 Å². The van der Waals surface area contributed by atoms with Gasteiger partial charge < -0.3 is 15.2 Å². The quantitative estimate of drug-likeness (QED) is 0.866. The number of carbonyl (C=O) groups excluding carboxylic acids is 1. The van der Waals surface area contributed by atoms with E-state index in [0.29, 0.717) is 13.0 Å². The Morgan fingerprint density at radius 2 is 2.04 bits per heavy atom. The van der Waals surface area contributed by atoms with E-state index in [1.54, 1.807) is 0 Å². The van der Waals surface area contributed by atoms with Crippen molar-refractivity contribution in [3.8, 4) is 5.75 Å². The Hall–Kier alpha value is -2.82. The summed E-state index contributed by atoms with van der Waals surface area (Å²) in [5.74, 6) is 0.0505. The topological polar surface area (TPSA) is 75.6 Å². The Kier molecular flexibility index (Phi) is 4.15. The van der Waals surface area contributed by atoms with E-state index in [1.165, 1.54) is 0 Å². The summed E-state index contributed by atoms with van der Waals surface area (Å²) < 4.78 is 5.73. The molecule has 0 saturated heterocycles. The molecular formula is C21H21NO4. The Bertz CT molecular complexity index is 863. The van der Waals surface area contributed by atoms with Crippen LogP contribution in [0, 0.1) is 5.92 Å². The van der Waals surface area contributed by atoms with Crippen molar-refractivity contribution in [1.29, 1.82) is 0 Å². The number of fused-ring (bicyclic) bond motifs is 2. The van der Waals surface area contributed by atoms with E-state index >= 15 is 0 Å². The van der Waals surface area contributed by atoms with Crippen LogP contribution in [0.15, 0.2) is 48.5 Å². The molecule has 1 aliphatic heterocycles. The Labute approximate surface area is 152 Å². The van der Waals surface area contributed by atoms with Crippen LogP contribution in [0.5, 0.6) is 5.75 Å². The van der Waals surface area contributed by atoms with Gasteiger partial charge in [0, 0.05) is 29.0 Å². The lowest BCUT2D eigenvalue weighted by Gasteiger charge is -2.26. The molecule has 2 N–H and O–H groups in total. The molecule has 1 aliphatic carbocycles. The first-order valence-electron chi connectivity index (χ1n) is 8.92. The van der Waals surface area contributed by atoms with E-state index in [0.717, 1.165) is 35.4 Å². The number of carbonyl (C=O) groups is 2. The Balaban J connectivity index is 1.46. The Morgan fingerprint density at radius 3 is 2.88 bits per heavy atom. The lowest BCUT2D eigenvalue weighted by molar-refractivity contribution is -0.137. The van der Waals surface area contributed by atoms with Gasteiger partial charge in [-0.15, -0.1) is 0 Å². The van der Waals surface area contributed by atoms with Gasteiger partial charge in [-0.3, -0.25) is 9.59 Å². The molecule has 134 valence electrons. The molecule has 0 unspecified atom stereocenters. The lowest BCUT2D eigenvalue weighted by atomic mass is 9.87.